The van der Waals surface area contributed by atoms with E-state index in [1.54, 1.807) is 42.4 Å². The quantitative estimate of drug-likeness (QED) is 0.0381. The summed E-state index contributed by atoms with van der Waals surface area (Å²) in [4.78, 5) is 79.7. The van der Waals surface area contributed by atoms with E-state index in [0.717, 1.165) is 0 Å². The molecule has 15 atom stereocenters. The number of carbonyl (C=O) groups excluding carboxylic acids is 6. The van der Waals surface area contributed by atoms with Crippen molar-refractivity contribution in [3.63, 3.8) is 0 Å². The van der Waals surface area contributed by atoms with Gasteiger partial charge in [0.1, 0.15) is 23.3 Å². The third-order valence-corrected chi connectivity index (χ3v) is 24.5. The van der Waals surface area contributed by atoms with E-state index < -0.39 is 183 Å². The van der Waals surface area contributed by atoms with Gasteiger partial charge in [-0.1, -0.05) is 36.4 Å². The molecule has 0 bridgehead atoms. The van der Waals surface area contributed by atoms with Crippen LogP contribution in [0.1, 0.15) is 211 Å². The smallest absolute Gasteiger partial charge is 0.368 e. The highest BCUT2D eigenvalue weighted by Crippen LogP contribution is 2.52. The topological polar surface area (TPSA) is 176 Å². The van der Waals surface area contributed by atoms with E-state index in [-0.39, 0.29) is 121 Å². The number of amides is 6. The van der Waals surface area contributed by atoms with E-state index in [1.807, 2.05) is 13.8 Å². The van der Waals surface area contributed by atoms with Gasteiger partial charge in [-0.05, 0) is 224 Å². The molecule has 3 N–H and O–H groups in total. The number of piperidine rings is 3. The summed E-state index contributed by atoms with van der Waals surface area (Å²) in [5.74, 6) is -5.64. The Kier molecular flexibility index (Phi) is 28.4. The van der Waals surface area contributed by atoms with E-state index in [4.69, 9.17) is 25.8 Å². The lowest BCUT2D eigenvalue weighted by Crippen LogP contribution is -2.55. The number of benzene rings is 6. The van der Waals surface area contributed by atoms with Crippen LogP contribution in [-0.2, 0) is 80.0 Å². The van der Waals surface area contributed by atoms with Gasteiger partial charge in [0.25, 0.3) is 0 Å². The van der Waals surface area contributed by atoms with Gasteiger partial charge in [-0.2, -0.15) is 79.0 Å². The van der Waals surface area contributed by atoms with Gasteiger partial charge in [-0.15, -0.1) is 11.6 Å². The minimum Gasteiger partial charge on any atom is -0.368 e. The van der Waals surface area contributed by atoms with E-state index >= 15 is 0 Å². The molecule has 0 spiro atoms. The molecule has 0 radical (unpaired) electrons. The zero-order valence-corrected chi connectivity index (χ0v) is 68.5. The first-order chi connectivity index (χ1) is 56.8. The Morgan fingerprint density at radius 2 is 0.642 bits per heavy atom. The number of halogens is 22. The molecule has 6 aliphatic rings. The van der Waals surface area contributed by atoms with Crippen LogP contribution in [0.4, 0.5) is 92.2 Å². The third kappa shape index (κ3) is 22.8. The maximum atomic E-state index is 13.8. The van der Waals surface area contributed by atoms with Crippen molar-refractivity contribution in [2.24, 2.45) is 17.8 Å². The Bertz CT molecular complexity index is 4690. The van der Waals surface area contributed by atoms with Gasteiger partial charge >= 0.3 is 37.1 Å². The molecule has 6 aliphatic heterocycles. The van der Waals surface area contributed by atoms with Gasteiger partial charge in [-0.25, -0.2) is 13.2 Å². The second kappa shape index (κ2) is 36.4. The van der Waals surface area contributed by atoms with Crippen molar-refractivity contribution in [2.45, 2.75) is 234 Å². The molecule has 0 aliphatic carbocycles. The number of fused-ring (bicyclic) bond motifs is 3. The fourth-order valence-electron chi connectivity index (χ4n) is 17.8. The Hall–Kier alpha value is -9.16. The Labute approximate surface area is 699 Å². The number of alkyl halides is 19. The molecule has 0 aromatic heterocycles. The predicted molar refractivity (Wildman–Crippen MR) is 405 cm³/mol. The van der Waals surface area contributed by atoms with Crippen molar-refractivity contribution in [3.05, 3.63) is 212 Å². The Morgan fingerprint density at radius 1 is 0.407 bits per heavy atom. The number of hydrogen-bond donors (Lipinski definition) is 3. The molecule has 123 heavy (non-hydrogen) atoms. The molecule has 6 heterocycles. The Morgan fingerprint density at radius 3 is 0.862 bits per heavy atom. The van der Waals surface area contributed by atoms with Crippen LogP contribution in [0, 0.1) is 35.2 Å². The monoisotopic (exact) mass is 1780 g/mol. The molecular formula is C86H90ClF21N6O9. The molecule has 6 fully saturated rings. The number of ether oxygens (including phenoxy) is 3. The summed E-state index contributed by atoms with van der Waals surface area (Å²) in [6, 6.07) is 19.1. The summed E-state index contributed by atoms with van der Waals surface area (Å²) >= 11 is 5.66. The number of carbonyl (C=O) groups is 6. The van der Waals surface area contributed by atoms with Gasteiger partial charge in [0, 0.05) is 98.3 Å². The van der Waals surface area contributed by atoms with E-state index in [1.165, 1.54) is 100 Å². The predicted octanol–water partition coefficient (Wildman–Crippen LogP) is 19.7. The highest BCUT2D eigenvalue weighted by atomic mass is 35.5. The first kappa shape index (κ1) is 96.1. The van der Waals surface area contributed by atoms with Crippen molar-refractivity contribution in [2.75, 3.05) is 25.5 Å². The van der Waals surface area contributed by atoms with E-state index in [2.05, 4.69) is 16.0 Å². The molecule has 37 heteroatoms. The summed E-state index contributed by atoms with van der Waals surface area (Å²) in [7, 11) is 0. The zero-order valence-electron chi connectivity index (χ0n) is 67.8. The number of nitrogens with one attached hydrogen (secondary N) is 3. The SMILES string of the molecule is CC(=O)NC(C)(C)C1CC(=O)N2C[C@H](O[C@H](C)c3cc(C(F)(F)F)cc(C(F)(F)F)c3)[C@@H](c3ccc(F)cc3)[C@@H]2C1.C[C@@H](O[C@H]1CN2C(=O)CC(C(C)(C)NC(=O)CCl)C[C@H]2[C@@H]1c1ccc(F)cc1)c1cc(C(F)(F)F)cc(C(F)(F)F)c1.C[C@@H](O[C@H]1CN2C(=O)CC(C(C)(C)NC=O)C[C@H]2[C@@H]1c1ccc(F)cc1)c1cc(C(F)(F)F)cc(C(F)(F)F)c1. The fourth-order valence-corrected chi connectivity index (χ4v) is 17.9. The van der Waals surface area contributed by atoms with Gasteiger partial charge in [0.05, 0.1) is 70.0 Å². The van der Waals surface area contributed by atoms with Crippen molar-refractivity contribution >= 4 is 47.5 Å². The summed E-state index contributed by atoms with van der Waals surface area (Å²) in [5.41, 5.74) is -10.1. The second-order valence-corrected chi connectivity index (χ2v) is 34.0. The molecule has 6 aromatic rings. The lowest BCUT2D eigenvalue weighted by atomic mass is 9.74. The number of nitrogens with zero attached hydrogens (tertiary/aromatic N) is 3. The maximum absolute atomic E-state index is 13.8. The fraction of sp³-hybridized carbons (Fsp3) is 0.512. The molecule has 6 saturated heterocycles. The summed E-state index contributed by atoms with van der Waals surface area (Å²) in [5, 5.41) is 8.45. The highest BCUT2D eigenvalue weighted by Gasteiger charge is 2.56. The van der Waals surface area contributed by atoms with Crippen molar-refractivity contribution in [3.8, 4) is 0 Å². The van der Waals surface area contributed by atoms with Crippen LogP contribution in [-0.4, -0.2) is 129 Å². The molecule has 3 unspecified atom stereocenters. The summed E-state index contributed by atoms with van der Waals surface area (Å²) < 4.78 is 302. The first-order valence-corrected chi connectivity index (χ1v) is 39.7. The van der Waals surface area contributed by atoms with Crippen LogP contribution in [0.3, 0.4) is 0 Å². The Balaban J connectivity index is 0.000000193. The van der Waals surface area contributed by atoms with Gasteiger partial charge < -0.3 is 44.9 Å². The first-order valence-electron chi connectivity index (χ1n) is 39.1. The van der Waals surface area contributed by atoms with Gasteiger partial charge in [-0.3, -0.25) is 28.8 Å². The summed E-state index contributed by atoms with van der Waals surface area (Å²) in [6.07, 6.45) is -33.9. The lowest BCUT2D eigenvalue weighted by molar-refractivity contribution is -0.145. The van der Waals surface area contributed by atoms with Crippen LogP contribution < -0.4 is 16.0 Å². The average Bonchev–Trinajstić information content (AvgIpc) is 1.61. The minimum absolute atomic E-state index is 0.0299. The molecular weight excluding hydrogens is 1700 g/mol. The molecule has 0 saturated carbocycles. The maximum Gasteiger partial charge on any atom is 0.416 e. The molecule has 6 amide bonds. The average molecular weight is 1790 g/mol. The lowest BCUT2D eigenvalue weighted by Gasteiger charge is -2.43. The van der Waals surface area contributed by atoms with Crippen molar-refractivity contribution in [1.29, 1.82) is 0 Å². The van der Waals surface area contributed by atoms with Crippen molar-refractivity contribution in [1.82, 2.24) is 30.7 Å². The van der Waals surface area contributed by atoms with E-state index in [0.29, 0.717) is 78.8 Å². The van der Waals surface area contributed by atoms with Gasteiger partial charge in [0.15, 0.2) is 0 Å². The molecule has 672 valence electrons. The normalized spacial score (nSPS) is 24.3. The van der Waals surface area contributed by atoms with Crippen LogP contribution >= 0.6 is 11.6 Å². The van der Waals surface area contributed by atoms with Crippen LogP contribution in [0.25, 0.3) is 0 Å². The standard InChI is InChI=1S/C29H30ClF7N2O3.C29H31F7N2O3.C28H29F7N2O3/c1-15(17-8-19(28(32,33)34)10-20(9-17)29(35,36)37)42-23-14-39-22(26(23)16-4-6-21(31)7-5-16)11-18(12-25(39)41)27(2,3)38-24(40)13-30;1-15(18-9-20(28(31,32)33)11-21(10-18)29(34,35)36)41-24-14-38-23(26(24)17-5-7-22(30)8-6-17)12-19(13-25(38)40)27(3,4)37-16(2)39;1-15(17-8-19(27(30,31)32)10-20(9-17)28(33,34)35)40-23-13-37-22(25(23)16-4-6-21(29)7-5-16)11-18(12-24(37)39)26(2,3)36-14-38/h4-10,15,18,22-23,26H,11-14H2,1-3H3,(H,38,40);5-11,15,19,23-24,26H,12-14H2,1-4H3,(H,37,39);4-10,14-15,18,22-23,25H,11-13H2,1-3H3,(H,36,38)/t15-,18?,22+,23+,26+;15-,19?,23+,24+,26+;15-,18?,22+,23+,25+/m111/s1. The van der Waals surface area contributed by atoms with Crippen LogP contribution in [0.5, 0.6) is 0 Å². The molecule has 15 nitrogen and oxygen atoms in total. The number of hydrogen-bond acceptors (Lipinski definition) is 9. The van der Waals surface area contributed by atoms with Gasteiger partial charge in [0.2, 0.25) is 35.9 Å². The minimum atomic E-state index is -5.02. The molecule has 12 rings (SSSR count). The van der Waals surface area contributed by atoms with E-state index in [9.17, 15) is 121 Å². The van der Waals surface area contributed by atoms with Crippen LogP contribution in [0.2, 0.25) is 0 Å². The second-order valence-electron chi connectivity index (χ2n) is 33.7. The largest absolute Gasteiger partial charge is 0.416 e. The highest BCUT2D eigenvalue weighted by molar-refractivity contribution is 6.27. The molecule has 6 aromatic carbocycles. The zero-order chi connectivity index (χ0) is 91.3. The van der Waals surface area contributed by atoms with Crippen LogP contribution in [0.15, 0.2) is 127 Å². The third-order valence-electron chi connectivity index (χ3n) is 24.3. The number of rotatable bonds is 20. The van der Waals surface area contributed by atoms with Crippen molar-refractivity contribution < 1.29 is 135 Å². The summed E-state index contributed by atoms with van der Waals surface area (Å²) in [6.45, 7) is 16.3.